The molecule has 10 heteroatoms. The van der Waals surface area contributed by atoms with Crippen molar-refractivity contribution < 1.29 is 23.9 Å². The smallest absolute Gasteiger partial charge is 0.337 e. The fourth-order valence-electron chi connectivity index (χ4n) is 3.93. The predicted octanol–water partition coefficient (Wildman–Crippen LogP) is 4.22. The first-order valence-corrected chi connectivity index (χ1v) is 13.0. The van der Waals surface area contributed by atoms with Gasteiger partial charge in [-0.25, -0.2) is 9.59 Å². The maximum Gasteiger partial charge on any atom is 0.337 e. The lowest BCUT2D eigenvalue weighted by Gasteiger charge is -2.19. The van der Waals surface area contributed by atoms with E-state index in [0.717, 1.165) is 23.2 Å². The van der Waals surface area contributed by atoms with E-state index < -0.39 is 12.0 Å². The van der Waals surface area contributed by atoms with Gasteiger partial charge < -0.3 is 31.7 Å². The lowest BCUT2D eigenvalue weighted by atomic mass is 10.1. The average molecular weight is 546 g/mol. The molecular weight excluding hydrogens is 510 g/mol. The molecule has 0 spiro atoms. The van der Waals surface area contributed by atoms with Gasteiger partial charge in [-0.15, -0.1) is 0 Å². The third kappa shape index (κ3) is 9.25. The Morgan fingerprint density at radius 1 is 0.825 bits per heavy atom. The third-order valence-corrected chi connectivity index (χ3v) is 6.14. The summed E-state index contributed by atoms with van der Waals surface area (Å²) in [5.41, 5.74) is 9.42. The number of aryl methyl sites for hydroxylation is 1. The normalized spacial score (nSPS) is 11.2. The molecule has 210 valence electrons. The van der Waals surface area contributed by atoms with E-state index in [1.54, 1.807) is 48.5 Å². The van der Waals surface area contributed by atoms with E-state index in [1.165, 1.54) is 7.11 Å². The maximum atomic E-state index is 13.0. The van der Waals surface area contributed by atoms with Crippen LogP contribution < -0.4 is 27.0 Å². The third-order valence-electron chi connectivity index (χ3n) is 6.14. The van der Waals surface area contributed by atoms with E-state index in [4.69, 9.17) is 5.73 Å². The van der Waals surface area contributed by atoms with Gasteiger partial charge in [0.15, 0.2) is 0 Å². The largest absolute Gasteiger partial charge is 0.465 e. The highest BCUT2D eigenvalue weighted by atomic mass is 16.5. The first-order valence-electron chi connectivity index (χ1n) is 13.0. The molecule has 0 aromatic heterocycles. The van der Waals surface area contributed by atoms with Gasteiger partial charge in [-0.1, -0.05) is 30.3 Å². The van der Waals surface area contributed by atoms with Gasteiger partial charge in [0.2, 0.25) is 11.8 Å². The van der Waals surface area contributed by atoms with E-state index in [-0.39, 0.29) is 24.3 Å². The number of amides is 4. The molecule has 0 bridgehead atoms. The summed E-state index contributed by atoms with van der Waals surface area (Å²) in [6, 6.07) is 19.6. The highest BCUT2D eigenvalue weighted by Gasteiger charge is 2.21. The van der Waals surface area contributed by atoms with Gasteiger partial charge >= 0.3 is 12.0 Å². The number of urea groups is 1. The Morgan fingerprint density at radius 2 is 1.48 bits per heavy atom. The quantitative estimate of drug-likeness (QED) is 0.170. The number of unbranched alkanes of at least 4 members (excludes halogenated alkanes) is 1. The summed E-state index contributed by atoms with van der Waals surface area (Å²) < 4.78 is 4.69. The maximum absolute atomic E-state index is 13.0. The van der Waals surface area contributed by atoms with Crippen LogP contribution in [0, 0.1) is 6.92 Å². The Balaban J connectivity index is 1.56. The van der Waals surface area contributed by atoms with Crippen LogP contribution in [0.2, 0.25) is 0 Å². The second-order valence-electron chi connectivity index (χ2n) is 9.23. The van der Waals surface area contributed by atoms with Gasteiger partial charge in [0, 0.05) is 17.1 Å². The molecular formula is C30H35N5O5. The summed E-state index contributed by atoms with van der Waals surface area (Å²) in [6.45, 7) is 2.40. The number of rotatable bonds is 12. The zero-order valence-electron chi connectivity index (χ0n) is 22.7. The van der Waals surface area contributed by atoms with Crippen LogP contribution in [0.3, 0.4) is 0 Å². The number of esters is 1. The van der Waals surface area contributed by atoms with Crippen molar-refractivity contribution >= 4 is 40.9 Å². The minimum Gasteiger partial charge on any atom is -0.465 e. The number of nitrogens with two attached hydrogens (primary N) is 1. The molecule has 1 atom stereocenters. The number of carbonyl (C=O) groups excluding carboxylic acids is 4. The average Bonchev–Trinajstić information content (AvgIpc) is 2.95. The molecule has 0 saturated carbocycles. The SMILES string of the molecule is COC(=O)c1ccc(NC(=O)C(CCCCN)NC(=O)Cc2ccc(NC(=O)Nc3ccccc3C)cc2)cc1. The Kier molecular flexibility index (Phi) is 11.2. The number of nitrogens with one attached hydrogen (secondary N) is 4. The molecule has 0 saturated heterocycles. The molecule has 3 rings (SSSR count). The predicted molar refractivity (Wildman–Crippen MR) is 155 cm³/mol. The molecule has 0 heterocycles. The molecule has 0 aliphatic carbocycles. The first kappa shape index (κ1) is 29.9. The summed E-state index contributed by atoms with van der Waals surface area (Å²) in [7, 11) is 1.30. The van der Waals surface area contributed by atoms with Crippen molar-refractivity contribution in [3.63, 3.8) is 0 Å². The zero-order valence-corrected chi connectivity index (χ0v) is 22.7. The molecule has 3 aromatic rings. The van der Waals surface area contributed by atoms with E-state index in [2.05, 4.69) is 26.0 Å². The topological polar surface area (TPSA) is 152 Å². The second-order valence-corrected chi connectivity index (χ2v) is 9.23. The van der Waals surface area contributed by atoms with Crippen molar-refractivity contribution in [2.24, 2.45) is 5.73 Å². The van der Waals surface area contributed by atoms with Crippen LogP contribution in [0.4, 0.5) is 21.9 Å². The van der Waals surface area contributed by atoms with Crippen molar-refractivity contribution in [1.82, 2.24) is 5.32 Å². The summed E-state index contributed by atoms with van der Waals surface area (Å²) in [5.74, 6) is -1.15. The van der Waals surface area contributed by atoms with Crippen molar-refractivity contribution in [2.45, 2.75) is 38.6 Å². The Labute approximate surface area is 233 Å². The van der Waals surface area contributed by atoms with Gasteiger partial charge in [0.1, 0.15) is 6.04 Å². The number of hydrogen-bond acceptors (Lipinski definition) is 6. The summed E-state index contributed by atoms with van der Waals surface area (Å²) in [6.07, 6.45) is 1.87. The Hall–Kier alpha value is -4.70. The fourth-order valence-corrected chi connectivity index (χ4v) is 3.93. The number of anilines is 3. The molecule has 40 heavy (non-hydrogen) atoms. The second kappa shape index (κ2) is 15.0. The lowest BCUT2D eigenvalue weighted by molar-refractivity contribution is -0.126. The minimum atomic E-state index is -0.759. The van der Waals surface area contributed by atoms with Gasteiger partial charge in [-0.3, -0.25) is 9.59 Å². The first-order chi connectivity index (χ1) is 19.3. The molecule has 10 nitrogen and oxygen atoms in total. The standard InChI is InChI=1S/C30H35N5O5/c1-20-7-3-4-8-25(20)35-30(39)33-24-14-10-21(11-15-24)19-27(36)34-26(9-5-6-18-31)28(37)32-23-16-12-22(13-17-23)29(38)40-2/h3-4,7-8,10-17,26H,5-6,9,18-19,31H2,1-2H3,(H,32,37)(H,34,36)(H2,33,35,39). The number of methoxy groups -OCH3 is 1. The number of hydrogen-bond donors (Lipinski definition) is 5. The lowest BCUT2D eigenvalue weighted by Crippen LogP contribution is -2.44. The molecule has 6 N–H and O–H groups in total. The van der Waals surface area contributed by atoms with Crippen molar-refractivity contribution in [3.05, 3.63) is 89.5 Å². The monoisotopic (exact) mass is 545 g/mol. The number of ether oxygens (including phenoxy) is 1. The molecule has 0 fully saturated rings. The van der Waals surface area contributed by atoms with Crippen LogP contribution in [0.25, 0.3) is 0 Å². The van der Waals surface area contributed by atoms with Crippen LogP contribution in [-0.4, -0.2) is 43.5 Å². The molecule has 1 unspecified atom stereocenters. The molecule has 0 aliphatic heterocycles. The van der Waals surface area contributed by atoms with Gasteiger partial charge in [0.25, 0.3) is 0 Å². The van der Waals surface area contributed by atoms with Gasteiger partial charge in [-0.2, -0.15) is 0 Å². The number of carbonyl (C=O) groups is 4. The minimum absolute atomic E-state index is 0.0597. The fraction of sp³-hybridized carbons (Fsp3) is 0.267. The van der Waals surface area contributed by atoms with Crippen LogP contribution in [0.1, 0.15) is 40.7 Å². The van der Waals surface area contributed by atoms with E-state index in [1.807, 2.05) is 31.2 Å². The summed E-state index contributed by atoms with van der Waals surface area (Å²) >= 11 is 0. The zero-order chi connectivity index (χ0) is 28.9. The number of benzene rings is 3. The van der Waals surface area contributed by atoms with Gasteiger partial charge in [0.05, 0.1) is 19.1 Å². The number of para-hydroxylation sites is 1. The summed E-state index contributed by atoms with van der Waals surface area (Å²) in [4.78, 5) is 49.7. The summed E-state index contributed by atoms with van der Waals surface area (Å²) in [5, 5.41) is 11.2. The van der Waals surface area contributed by atoms with E-state index in [0.29, 0.717) is 36.3 Å². The highest BCUT2D eigenvalue weighted by molar-refractivity contribution is 6.00. The highest BCUT2D eigenvalue weighted by Crippen LogP contribution is 2.16. The van der Waals surface area contributed by atoms with Crippen LogP contribution in [-0.2, 0) is 20.7 Å². The van der Waals surface area contributed by atoms with E-state index >= 15 is 0 Å². The molecule has 3 aromatic carbocycles. The van der Waals surface area contributed by atoms with Crippen LogP contribution >= 0.6 is 0 Å². The molecule has 4 amide bonds. The van der Waals surface area contributed by atoms with Crippen LogP contribution in [0.5, 0.6) is 0 Å². The molecule has 0 radical (unpaired) electrons. The Bertz CT molecular complexity index is 1310. The van der Waals surface area contributed by atoms with Gasteiger partial charge in [-0.05, 0) is 86.3 Å². The molecule has 0 aliphatic rings. The van der Waals surface area contributed by atoms with Crippen molar-refractivity contribution in [2.75, 3.05) is 29.6 Å². The van der Waals surface area contributed by atoms with Crippen molar-refractivity contribution in [3.8, 4) is 0 Å². The van der Waals surface area contributed by atoms with E-state index in [9.17, 15) is 19.2 Å². The van der Waals surface area contributed by atoms with Crippen molar-refractivity contribution in [1.29, 1.82) is 0 Å². The Morgan fingerprint density at radius 3 is 2.12 bits per heavy atom. The van der Waals surface area contributed by atoms with Crippen LogP contribution in [0.15, 0.2) is 72.8 Å².